The Morgan fingerprint density at radius 3 is 2.95 bits per heavy atom. The van der Waals surface area contributed by atoms with Crippen molar-refractivity contribution in [1.82, 2.24) is 15.2 Å². The number of nitrogens with one attached hydrogen (secondary N) is 1. The number of benzene rings is 1. The SMILES string of the molecule is CC[C@@H](Sc1n[nH]c(COc2ccccc2Cl)n1)C(=O)O. The summed E-state index contributed by atoms with van der Waals surface area (Å²) in [6, 6.07) is 7.12. The minimum atomic E-state index is -0.874. The molecule has 0 spiro atoms. The minimum absolute atomic E-state index is 0.182. The fourth-order valence-electron chi connectivity index (χ4n) is 1.54. The Morgan fingerprint density at radius 2 is 2.29 bits per heavy atom. The Morgan fingerprint density at radius 1 is 1.52 bits per heavy atom. The van der Waals surface area contributed by atoms with E-state index in [4.69, 9.17) is 21.4 Å². The van der Waals surface area contributed by atoms with Crippen molar-refractivity contribution in [3.63, 3.8) is 0 Å². The van der Waals surface area contributed by atoms with Crippen LogP contribution in [0, 0.1) is 0 Å². The Balaban J connectivity index is 1.94. The molecular formula is C13H14ClN3O3S. The lowest BCUT2D eigenvalue weighted by molar-refractivity contribution is -0.136. The van der Waals surface area contributed by atoms with Gasteiger partial charge in [-0.1, -0.05) is 42.4 Å². The van der Waals surface area contributed by atoms with Crippen LogP contribution < -0.4 is 4.74 Å². The monoisotopic (exact) mass is 327 g/mol. The van der Waals surface area contributed by atoms with Crippen LogP contribution in [0.25, 0.3) is 0 Å². The number of halogens is 1. The molecule has 21 heavy (non-hydrogen) atoms. The fraction of sp³-hybridized carbons (Fsp3) is 0.308. The zero-order valence-electron chi connectivity index (χ0n) is 11.2. The zero-order chi connectivity index (χ0) is 15.2. The lowest BCUT2D eigenvalue weighted by atomic mass is 10.3. The van der Waals surface area contributed by atoms with Crippen LogP contribution in [-0.4, -0.2) is 31.5 Å². The van der Waals surface area contributed by atoms with Gasteiger partial charge in [0.1, 0.15) is 17.6 Å². The van der Waals surface area contributed by atoms with E-state index in [-0.39, 0.29) is 6.61 Å². The van der Waals surface area contributed by atoms with Crippen molar-refractivity contribution in [2.75, 3.05) is 0 Å². The number of carboxylic acids is 1. The van der Waals surface area contributed by atoms with E-state index < -0.39 is 11.2 Å². The van der Waals surface area contributed by atoms with Crippen molar-refractivity contribution in [3.8, 4) is 5.75 Å². The number of nitrogens with zero attached hydrogens (tertiary/aromatic N) is 2. The van der Waals surface area contributed by atoms with Crippen LogP contribution in [0.5, 0.6) is 5.75 Å². The third-order valence-electron chi connectivity index (χ3n) is 2.61. The van der Waals surface area contributed by atoms with E-state index in [2.05, 4.69) is 15.2 Å². The Kier molecular flexibility index (Phi) is 5.46. The number of aromatic amines is 1. The van der Waals surface area contributed by atoms with Crippen LogP contribution in [0.4, 0.5) is 0 Å². The molecule has 0 fully saturated rings. The molecule has 1 aromatic carbocycles. The highest BCUT2D eigenvalue weighted by atomic mass is 35.5. The van der Waals surface area contributed by atoms with Gasteiger partial charge in [0.05, 0.1) is 5.02 Å². The van der Waals surface area contributed by atoms with Crippen LogP contribution in [0.1, 0.15) is 19.2 Å². The third kappa shape index (κ3) is 4.37. The van der Waals surface area contributed by atoms with Crippen LogP contribution >= 0.6 is 23.4 Å². The Hall–Kier alpha value is -1.73. The summed E-state index contributed by atoms with van der Waals surface area (Å²) >= 11 is 7.09. The first-order valence-electron chi connectivity index (χ1n) is 6.28. The molecule has 0 aliphatic heterocycles. The predicted octanol–water partition coefficient (Wildman–Crippen LogP) is 2.99. The Bertz CT molecular complexity index is 620. The number of rotatable bonds is 7. The van der Waals surface area contributed by atoms with Crippen LogP contribution in [-0.2, 0) is 11.4 Å². The number of ether oxygens (including phenoxy) is 1. The molecule has 0 unspecified atom stereocenters. The van der Waals surface area contributed by atoms with Gasteiger partial charge in [-0.05, 0) is 18.6 Å². The molecule has 8 heteroatoms. The topological polar surface area (TPSA) is 88.1 Å². The van der Waals surface area contributed by atoms with Crippen molar-refractivity contribution < 1.29 is 14.6 Å². The minimum Gasteiger partial charge on any atom is -0.484 e. The van der Waals surface area contributed by atoms with Gasteiger partial charge in [-0.25, -0.2) is 4.98 Å². The molecule has 0 saturated carbocycles. The van der Waals surface area contributed by atoms with Crippen molar-refractivity contribution in [2.45, 2.75) is 30.4 Å². The molecular weight excluding hydrogens is 314 g/mol. The summed E-state index contributed by atoms with van der Waals surface area (Å²) in [5.74, 6) is 0.195. The van der Waals surface area contributed by atoms with Crippen molar-refractivity contribution in [2.24, 2.45) is 0 Å². The molecule has 6 nitrogen and oxygen atoms in total. The molecule has 2 N–H and O–H groups in total. The quantitative estimate of drug-likeness (QED) is 0.760. The molecule has 0 amide bonds. The predicted molar refractivity (Wildman–Crippen MR) is 79.7 cm³/mol. The average Bonchev–Trinajstić information content (AvgIpc) is 2.91. The molecule has 0 aliphatic rings. The summed E-state index contributed by atoms with van der Waals surface area (Å²) in [6.45, 7) is 1.99. The lowest BCUT2D eigenvalue weighted by Gasteiger charge is -2.05. The normalized spacial score (nSPS) is 12.1. The third-order valence-corrected chi connectivity index (χ3v) is 4.13. The van der Waals surface area contributed by atoms with E-state index in [1.807, 2.05) is 12.1 Å². The summed E-state index contributed by atoms with van der Waals surface area (Å²) in [5.41, 5.74) is 0. The van der Waals surface area contributed by atoms with E-state index in [0.29, 0.717) is 28.2 Å². The largest absolute Gasteiger partial charge is 0.484 e. The number of para-hydroxylation sites is 1. The number of aromatic nitrogens is 3. The second-order valence-electron chi connectivity index (χ2n) is 4.14. The first kappa shape index (κ1) is 15.7. The van der Waals surface area contributed by atoms with Crippen LogP contribution in [0.15, 0.2) is 29.4 Å². The van der Waals surface area contributed by atoms with Crippen molar-refractivity contribution >= 4 is 29.3 Å². The average molecular weight is 328 g/mol. The van der Waals surface area contributed by atoms with Gasteiger partial charge in [-0.15, -0.1) is 5.10 Å². The summed E-state index contributed by atoms with van der Waals surface area (Å²) in [5, 5.41) is 16.0. The summed E-state index contributed by atoms with van der Waals surface area (Å²) < 4.78 is 5.52. The maximum atomic E-state index is 11.0. The second-order valence-corrected chi connectivity index (χ2v) is 5.71. The van der Waals surface area contributed by atoms with Crippen molar-refractivity contribution in [1.29, 1.82) is 0 Å². The number of hydrogen-bond acceptors (Lipinski definition) is 5. The second kappa shape index (κ2) is 7.33. The number of hydrogen-bond donors (Lipinski definition) is 2. The Labute approximate surface area is 130 Å². The van der Waals surface area contributed by atoms with E-state index in [9.17, 15) is 4.79 Å². The van der Waals surface area contributed by atoms with Gasteiger partial charge in [0.2, 0.25) is 5.16 Å². The van der Waals surface area contributed by atoms with Crippen molar-refractivity contribution in [3.05, 3.63) is 35.1 Å². The fourth-order valence-corrected chi connectivity index (χ4v) is 2.51. The van der Waals surface area contributed by atoms with Gasteiger partial charge in [0, 0.05) is 0 Å². The number of aliphatic carboxylic acids is 1. The molecule has 1 heterocycles. The first-order valence-corrected chi connectivity index (χ1v) is 7.54. The maximum absolute atomic E-state index is 11.0. The number of thioether (sulfide) groups is 1. The van der Waals surface area contributed by atoms with Gasteiger partial charge in [0.25, 0.3) is 0 Å². The summed E-state index contributed by atoms with van der Waals surface area (Å²) in [4.78, 5) is 15.2. The first-order chi connectivity index (χ1) is 10.1. The molecule has 0 aliphatic carbocycles. The highest BCUT2D eigenvalue weighted by Gasteiger charge is 2.19. The van der Waals surface area contributed by atoms with Gasteiger partial charge in [-0.2, -0.15) is 0 Å². The van der Waals surface area contributed by atoms with E-state index >= 15 is 0 Å². The molecule has 2 aromatic rings. The standard InChI is InChI=1S/C13H14ClN3O3S/c1-2-10(12(18)19)21-13-15-11(16-17-13)7-20-9-6-4-3-5-8(9)14/h3-6,10H,2,7H2,1H3,(H,18,19)(H,15,16,17)/t10-/m1/s1. The highest BCUT2D eigenvalue weighted by molar-refractivity contribution is 8.00. The molecule has 0 bridgehead atoms. The molecule has 2 rings (SSSR count). The summed E-state index contributed by atoms with van der Waals surface area (Å²) in [6.07, 6.45) is 0.500. The van der Waals surface area contributed by atoms with Crippen LogP contribution in [0.3, 0.4) is 0 Å². The van der Waals surface area contributed by atoms with Gasteiger partial charge >= 0.3 is 5.97 Å². The van der Waals surface area contributed by atoms with E-state index in [1.165, 1.54) is 0 Å². The van der Waals surface area contributed by atoms with Gasteiger partial charge in [0.15, 0.2) is 5.82 Å². The molecule has 0 radical (unpaired) electrons. The summed E-state index contributed by atoms with van der Waals surface area (Å²) in [7, 11) is 0. The number of carboxylic acid groups (broad SMARTS) is 1. The van der Waals surface area contributed by atoms with Crippen LogP contribution in [0.2, 0.25) is 5.02 Å². The van der Waals surface area contributed by atoms with E-state index in [0.717, 1.165) is 11.8 Å². The number of H-pyrrole nitrogens is 1. The number of carbonyl (C=O) groups is 1. The van der Waals surface area contributed by atoms with Gasteiger partial charge in [-0.3, -0.25) is 9.89 Å². The van der Waals surface area contributed by atoms with E-state index in [1.54, 1.807) is 19.1 Å². The molecule has 112 valence electrons. The smallest absolute Gasteiger partial charge is 0.317 e. The molecule has 0 saturated heterocycles. The zero-order valence-corrected chi connectivity index (χ0v) is 12.8. The van der Waals surface area contributed by atoms with Gasteiger partial charge < -0.3 is 9.84 Å². The molecule has 1 atom stereocenters. The molecule has 1 aromatic heterocycles. The maximum Gasteiger partial charge on any atom is 0.317 e. The highest BCUT2D eigenvalue weighted by Crippen LogP contribution is 2.25. The lowest BCUT2D eigenvalue weighted by Crippen LogP contribution is -2.14.